The van der Waals surface area contributed by atoms with E-state index in [0.717, 1.165) is 18.4 Å². The van der Waals surface area contributed by atoms with E-state index >= 15 is 0 Å². The van der Waals surface area contributed by atoms with Gasteiger partial charge in [-0.15, -0.1) is 0 Å². The number of phenols is 1. The number of rotatable bonds is 2. The quantitative estimate of drug-likeness (QED) is 0.892. The van der Waals surface area contributed by atoms with Crippen LogP contribution in [0.4, 0.5) is 4.79 Å². The largest absolute Gasteiger partial charge is 0.508 e. The molecule has 3 rings (SSSR count). The van der Waals surface area contributed by atoms with Crippen LogP contribution in [0.1, 0.15) is 24.0 Å². The van der Waals surface area contributed by atoms with Gasteiger partial charge in [0.1, 0.15) is 5.75 Å². The summed E-state index contributed by atoms with van der Waals surface area (Å²) >= 11 is 0. The molecule has 2 aromatic carbocycles. The van der Waals surface area contributed by atoms with Crippen molar-refractivity contribution in [3.63, 3.8) is 0 Å². The third-order valence-electron chi connectivity index (χ3n) is 4.63. The van der Waals surface area contributed by atoms with Gasteiger partial charge < -0.3 is 15.1 Å². The number of amides is 1. The van der Waals surface area contributed by atoms with Crippen LogP contribution in [-0.4, -0.2) is 34.3 Å². The molecule has 2 N–H and O–H groups in total. The van der Waals surface area contributed by atoms with Gasteiger partial charge in [-0.2, -0.15) is 0 Å². The van der Waals surface area contributed by atoms with Crippen molar-refractivity contribution in [1.29, 1.82) is 0 Å². The highest BCUT2D eigenvalue weighted by Crippen LogP contribution is 2.42. The van der Waals surface area contributed by atoms with E-state index in [1.807, 2.05) is 30.3 Å². The third-order valence-corrected chi connectivity index (χ3v) is 4.63. The van der Waals surface area contributed by atoms with Crippen molar-refractivity contribution in [3.05, 3.63) is 65.7 Å². The Labute approximate surface area is 129 Å². The zero-order valence-corrected chi connectivity index (χ0v) is 12.3. The average Bonchev–Trinajstić information content (AvgIpc) is 2.56. The topological polar surface area (TPSA) is 60.8 Å². The Bertz CT molecular complexity index is 644. The Kier molecular flexibility index (Phi) is 3.75. The first-order valence-electron chi connectivity index (χ1n) is 7.45. The Hall–Kier alpha value is -2.49. The second-order valence-corrected chi connectivity index (χ2v) is 5.76. The van der Waals surface area contributed by atoms with Gasteiger partial charge in [0.05, 0.1) is 0 Å². The molecule has 4 nitrogen and oxygen atoms in total. The molecule has 1 fully saturated rings. The van der Waals surface area contributed by atoms with Crippen LogP contribution in [0.2, 0.25) is 0 Å². The molecule has 0 atom stereocenters. The number of phenolic OH excluding ortho intramolecular Hbond substituents is 1. The van der Waals surface area contributed by atoms with E-state index in [1.54, 1.807) is 12.1 Å². The van der Waals surface area contributed by atoms with Crippen LogP contribution in [-0.2, 0) is 5.41 Å². The molecular weight excluding hydrogens is 278 g/mol. The summed E-state index contributed by atoms with van der Waals surface area (Å²) in [5.41, 5.74) is 2.13. The molecule has 4 heteroatoms. The lowest BCUT2D eigenvalue weighted by Gasteiger charge is -2.42. The molecule has 0 aliphatic carbocycles. The minimum Gasteiger partial charge on any atom is -0.508 e. The molecule has 0 aromatic heterocycles. The Morgan fingerprint density at radius 2 is 1.45 bits per heavy atom. The summed E-state index contributed by atoms with van der Waals surface area (Å²) in [6, 6.07) is 17.5. The number of aromatic hydroxyl groups is 1. The number of piperidine rings is 1. The van der Waals surface area contributed by atoms with Crippen molar-refractivity contribution < 1.29 is 15.0 Å². The van der Waals surface area contributed by atoms with Gasteiger partial charge in [0.2, 0.25) is 0 Å². The number of hydrogen-bond donors (Lipinski definition) is 2. The van der Waals surface area contributed by atoms with Gasteiger partial charge in [-0.3, -0.25) is 0 Å². The summed E-state index contributed by atoms with van der Waals surface area (Å²) in [5, 5.41) is 18.7. The molecule has 114 valence electrons. The van der Waals surface area contributed by atoms with Crippen molar-refractivity contribution >= 4 is 6.09 Å². The molecule has 22 heavy (non-hydrogen) atoms. The van der Waals surface area contributed by atoms with Gasteiger partial charge in [-0.25, -0.2) is 4.79 Å². The first-order valence-corrected chi connectivity index (χ1v) is 7.45. The molecule has 1 saturated heterocycles. The Morgan fingerprint density at radius 1 is 0.909 bits per heavy atom. The van der Waals surface area contributed by atoms with Crippen LogP contribution >= 0.6 is 0 Å². The van der Waals surface area contributed by atoms with Gasteiger partial charge in [0, 0.05) is 18.5 Å². The summed E-state index contributed by atoms with van der Waals surface area (Å²) in [5.74, 6) is 0.245. The van der Waals surface area contributed by atoms with Crippen LogP contribution in [0.3, 0.4) is 0 Å². The number of nitrogens with zero attached hydrogens (tertiary/aromatic N) is 1. The number of carbonyl (C=O) groups is 1. The lowest BCUT2D eigenvalue weighted by molar-refractivity contribution is 0.123. The van der Waals surface area contributed by atoms with Crippen molar-refractivity contribution in [2.24, 2.45) is 0 Å². The monoisotopic (exact) mass is 297 g/mol. The molecule has 1 aliphatic heterocycles. The zero-order chi connectivity index (χ0) is 15.6. The van der Waals surface area contributed by atoms with E-state index in [-0.39, 0.29) is 11.2 Å². The lowest BCUT2D eigenvalue weighted by Crippen LogP contribution is -2.45. The van der Waals surface area contributed by atoms with Crippen molar-refractivity contribution in [2.75, 3.05) is 13.1 Å². The van der Waals surface area contributed by atoms with Gasteiger partial charge in [0.25, 0.3) is 0 Å². The van der Waals surface area contributed by atoms with Gasteiger partial charge in [-0.05, 0) is 36.1 Å². The molecule has 0 spiro atoms. The summed E-state index contributed by atoms with van der Waals surface area (Å²) in [7, 11) is 0. The molecule has 2 aromatic rings. The van der Waals surface area contributed by atoms with Crippen molar-refractivity contribution in [2.45, 2.75) is 18.3 Å². The number of carboxylic acid groups (broad SMARTS) is 1. The van der Waals surface area contributed by atoms with Crippen LogP contribution in [0.5, 0.6) is 5.75 Å². The number of benzene rings is 2. The summed E-state index contributed by atoms with van der Waals surface area (Å²) in [6.07, 6.45) is 0.634. The molecule has 0 unspecified atom stereocenters. The van der Waals surface area contributed by atoms with E-state index in [1.165, 1.54) is 10.5 Å². The van der Waals surface area contributed by atoms with Gasteiger partial charge in [0.15, 0.2) is 0 Å². The van der Waals surface area contributed by atoms with Crippen LogP contribution in [0.15, 0.2) is 54.6 Å². The number of hydrogen-bond acceptors (Lipinski definition) is 2. The van der Waals surface area contributed by atoms with E-state index in [9.17, 15) is 15.0 Å². The maximum atomic E-state index is 11.2. The highest BCUT2D eigenvalue weighted by molar-refractivity contribution is 5.65. The van der Waals surface area contributed by atoms with Crippen molar-refractivity contribution in [1.82, 2.24) is 4.90 Å². The average molecular weight is 297 g/mol. The van der Waals surface area contributed by atoms with E-state index < -0.39 is 6.09 Å². The minimum absolute atomic E-state index is 0.194. The predicted octanol–water partition coefficient (Wildman–Crippen LogP) is 3.45. The maximum Gasteiger partial charge on any atom is 0.407 e. The van der Waals surface area contributed by atoms with Gasteiger partial charge >= 0.3 is 6.09 Å². The summed E-state index contributed by atoms with van der Waals surface area (Å²) < 4.78 is 0. The van der Waals surface area contributed by atoms with Crippen LogP contribution in [0, 0.1) is 0 Å². The molecule has 0 saturated carbocycles. The highest BCUT2D eigenvalue weighted by Gasteiger charge is 2.38. The van der Waals surface area contributed by atoms with Crippen LogP contribution in [0.25, 0.3) is 0 Å². The first kappa shape index (κ1) is 14.4. The number of likely N-dealkylation sites (tertiary alicyclic amines) is 1. The van der Waals surface area contributed by atoms with E-state index in [0.29, 0.717) is 13.1 Å². The fourth-order valence-corrected chi connectivity index (χ4v) is 3.36. The molecular formula is C18H19NO3. The van der Waals surface area contributed by atoms with E-state index in [4.69, 9.17) is 0 Å². The van der Waals surface area contributed by atoms with Crippen molar-refractivity contribution in [3.8, 4) is 5.75 Å². The standard InChI is InChI=1S/C18H19NO3/c20-16-8-6-15(7-9-16)18(14-4-2-1-3-5-14)10-12-19(13-11-18)17(21)22/h1-9,20H,10-13H2,(H,21,22). The molecule has 0 radical (unpaired) electrons. The molecule has 0 bridgehead atoms. The zero-order valence-electron chi connectivity index (χ0n) is 12.3. The summed E-state index contributed by atoms with van der Waals surface area (Å²) in [6.45, 7) is 1.04. The maximum absolute atomic E-state index is 11.2. The van der Waals surface area contributed by atoms with Gasteiger partial charge in [-0.1, -0.05) is 42.5 Å². The molecule has 1 amide bonds. The summed E-state index contributed by atoms with van der Waals surface area (Å²) in [4.78, 5) is 12.6. The Morgan fingerprint density at radius 3 is 2.00 bits per heavy atom. The minimum atomic E-state index is -0.854. The fourth-order valence-electron chi connectivity index (χ4n) is 3.36. The SMILES string of the molecule is O=C(O)N1CCC(c2ccccc2)(c2ccc(O)cc2)CC1. The molecule has 1 heterocycles. The third kappa shape index (κ3) is 2.52. The smallest absolute Gasteiger partial charge is 0.407 e. The first-order chi connectivity index (χ1) is 10.6. The predicted molar refractivity (Wildman–Crippen MR) is 84.2 cm³/mol. The highest BCUT2D eigenvalue weighted by atomic mass is 16.4. The fraction of sp³-hybridized carbons (Fsp3) is 0.278. The normalized spacial score (nSPS) is 17.2. The molecule has 1 aliphatic rings. The Balaban J connectivity index is 2.01. The van der Waals surface area contributed by atoms with Crippen LogP contribution < -0.4 is 0 Å². The second kappa shape index (κ2) is 5.72. The second-order valence-electron chi connectivity index (χ2n) is 5.76. The lowest BCUT2D eigenvalue weighted by atomic mass is 9.68. The van der Waals surface area contributed by atoms with E-state index in [2.05, 4.69) is 12.1 Å².